The Morgan fingerprint density at radius 3 is 2.38 bits per heavy atom. The monoisotopic (exact) mass is 178 g/mol. The van der Waals surface area contributed by atoms with E-state index >= 15 is 0 Å². The van der Waals surface area contributed by atoms with Crippen LogP contribution in [0.15, 0.2) is 30.8 Å². The molecule has 0 heterocycles. The lowest BCUT2D eigenvalue weighted by atomic mass is 10.1. The predicted molar refractivity (Wildman–Crippen MR) is 49.4 cm³/mol. The average molecular weight is 178 g/mol. The molecule has 0 aliphatic heterocycles. The van der Waals surface area contributed by atoms with Gasteiger partial charge < -0.3 is 9.84 Å². The van der Waals surface area contributed by atoms with Crippen LogP contribution in [0, 0.1) is 0 Å². The zero-order valence-electron chi connectivity index (χ0n) is 7.28. The van der Waals surface area contributed by atoms with E-state index in [-0.39, 0.29) is 5.76 Å². The second-order valence-electron chi connectivity index (χ2n) is 2.48. The van der Waals surface area contributed by atoms with Gasteiger partial charge in [0, 0.05) is 5.56 Å². The molecule has 0 aromatic heterocycles. The Bertz CT molecular complexity index is 342. The molecule has 3 heteroatoms. The zero-order chi connectivity index (χ0) is 9.84. The van der Waals surface area contributed by atoms with E-state index in [0.29, 0.717) is 11.1 Å². The van der Waals surface area contributed by atoms with Crippen LogP contribution in [0.1, 0.15) is 15.9 Å². The SMILES string of the molecule is C=C(O)c1ccccc1C(=O)OC. The van der Waals surface area contributed by atoms with Crippen LogP contribution >= 0.6 is 0 Å². The minimum absolute atomic E-state index is 0.138. The van der Waals surface area contributed by atoms with Crippen LogP contribution in [0.3, 0.4) is 0 Å². The number of aliphatic hydroxyl groups excluding tert-OH is 1. The van der Waals surface area contributed by atoms with Crippen molar-refractivity contribution in [3.8, 4) is 0 Å². The molecule has 13 heavy (non-hydrogen) atoms. The fourth-order valence-corrected chi connectivity index (χ4v) is 1.02. The Labute approximate surface area is 76.3 Å². The molecule has 0 aliphatic carbocycles. The molecule has 0 spiro atoms. The number of aliphatic hydroxyl groups is 1. The maximum absolute atomic E-state index is 11.2. The number of benzene rings is 1. The van der Waals surface area contributed by atoms with Crippen molar-refractivity contribution in [1.82, 2.24) is 0 Å². The summed E-state index contributed by atoms with van der Waals surface area (Å²) in [6.07, 6.45) is 0. The van der Waals surface area contributed by atoms with E-state index < -0.39 is 5.97 Å². The van der Waals surface area contributed by atoms with Crippen LogP contribution in [0.5, 0.6) is 0 Å². The smallest absolute Gasteiger partial charge is 0.338 e. The first-order valence-corrected chi connectivity index (χ1v) is 3.72. The number of ether oxygens (including phenoxy) is 1. The van der Waals surface area contributed by atoms with E-state index in [9.17, 15) is 4.79 Å². The van der Waals surface area contributed by atoms with E-state index in [0.717, 1.165) is 0 Å². The van der Waals surface area contributed by atoms with Gasteiger partial charge in [-0.25, -0.2) is 4.79 Å². The molecular weight excluding hydrogens is 168 g/mol. The van der Waals surface area contributed by atoms with Gasteiger partial charge >= 0.3 is 5.97 Å². The van der Waals surface area contributed by atoms with E-state index in [1.54, 1.807) is 24.3 Å². The third-order valence-corrected chi connectivity index (χ3v) is 1.64. The van der Waals surface area contributed by atoms with Crippen LogP contribution in [0.2, 0.25) is 0 Å². The first-order chi connectivity index (χ1) is 6.16. The minimum atomic E-state index is -0.481. The summed E-state index contributed by atoms with van der Waals surface area (Å²) in [5.74, 6) is -0.619. The molecule has 0 aliphatic rings. The fourth-order valence-electron chi connectivity index (χ4n) is 1.02. The second kappa shape index (κ2) is 3.76. The fraction of sp³-hybridized carbons (Fsp3) is 0.100. The third-order valence-electron chi connectivity index (χ3n) is 1.64. The first-order valence-electron chi connectivity index (χ1n) is 3.72. The molecule has 1 N–H and O–H groups in total. The lowest BCUT2D eigenvalue weighted by molar-refractivity contribution is 0.0600. The number of methoxy groups -OCH3 is 1. The Morgan fingerprint density at radius 2 is 1.92 bits per heavy atom. The highest BCUT2D eigenvalue weighted by molar-refractivity contribution is 5.94. The summed E-state index contributed by atoms with van der Waals surface area (Å²) in [6, 6.07) is 6.58. The van der Waals surface area contributed by atoms with Crippen molar-refractivity contribution in [1.29, 1.82) is 0 Å². The van der Waals surface area contributed by atoms with Crippen LogP contribution in [0.4, 0.5) is 0 Å². The molecule has 0 fully saturated rings. The van der Waals surface area contributed by atoms with Gasteiger partial charge in [0.2, 0.25) is 0 Å². The molecule has 0 bridgehead atoms. The number of carbonyl (C=O) groups is 1. The summed E-state index contributed by atoms with van der Waals surface area (Å²) in [5.41, 5.74) is 0.715. The number of hydrogen-bond donors (Lipinski definition) is 1. The van der Waals surface area contributed by atoms with Crippen LogP contribution in [-0.2, 0) is 4.74 Å². The van der Waals surface area contributed by atoms with Crippen molar-refractivity contribution in [2.24, 2.45) is 0 Å². The maximum atomic E-state index is 11.2. The first kappa shape index (κ1) is 9.32. The normalized spacial score (nSPS) is 9.31. The Balaban J connectivity index is 3.19. The van der Waals surface area contributed by atoms with Gasteiger partial charge in [0.15, 0.2) is 0 Å². The molecule has 1 aromatic carbocycles. The largest absolute Gasteiger partial charge is 0.508 e. The van der Waals surface area contributed by atoms with Crippen molar-refractivity contribution in [2.45, 2.75) is 0 Å². The third kappa shape index (κ3) is 1.87. The lowest BCUT2D eigenvalue weighted by Gasteiger charge is -2.04. The highest BCUT2D eigenvalue weighted by Crippen LogP contribution is 2.15. The lowest BCUT2D eigenvalue weighted by Crippen LogP contribution is -2.04. The van der Waals surface area contributed by atoms with Gasteiger partial charge in [0.1, 0.15) is 5.76 Å². The molecule has 1 aromatic rings. The predicted octanol–water partition coefficient (Wildman–Crippen LogP) is 2.00. The highest BCUT2D eigenvalue weighted by Gasteiger charge is 2.11. The van der Waals surface area contributed by atoms with Crippen molar-refractivity contribution in [2.75, 3.05) is 7.11 Å². The topological polar surface area (TPSA) is 46.5 Å². The highest BCUT2D eigenvalue weighted by atomic mass is 16.5. The number of rotatable bonds is 2. The van der Waals surface area contributed by atoms with Gasteiger partial charge in [0.05, 0.1) is 12.7 Å². The van der Waals surface area contributed by atoms with Crippen LogP contribution in [0.25, 0.3) is 5.76 Å². The summed E-state index contributed by atoms with van der Waals surface area (Å²) in [7, 11) is 1.29. The molecule has 0 amide bonds. The Morgan fingerprint density at radius 1 is 1.38 bits per heavy atom. The summed E-state index contributed by atoms with van der Waals surface area (Å²) in [4.78, 5) is 11.2. The van der Waals surface area contributed by atoms with Crippen molar-refractivity contribution >= 4 is 11.7 Å². The minimum Gasteiger partial charge on any atom is -0.508 e. The maximum Gasteiger partial charge on any atom is 0.338 e. The van der Waals surface area contributed by atoms with Crippen LogP contribution in [-0.4, -0.2) is 18.2 Å². The summed E-state index contributed by atoms with van der Waals surface area (Å²) >= 11 is 0. The van der Waals surface area contributed by atoms with E-state index in [1.165, 1.54) is 7.11 Å². The molecule has 3 nitrogen and oxygen atoms in total. The average Bonchev–Trinajstić information content (AvgIpc) is 2.16. The molecule has 0 saturated heterocycles. The standard InChI is InChI=1S/C10H10O3/c1-7(11)8-5-3-4-6-9(8)10(12)13-2/h3-6,11H,1H2,2H3. The van der Waals surface area contributed by atoms with Gasteiger partial charge in [-0.1, -0.05) is 24.8 Å². The molecule has 0 unspecified atom stereocenters. The summed E-state index contributed by atoms with van der Waals surface area (Å²) in [6.45, 7) is 3.35. The molecular formula is C10H10O3. The van der Waals surface area contributed by atoms with E-state index in [2.05, 4.69) is 11.3 Å². The van der Waals surface area contributed by atoms with Gasteiger partial charge in [0.25, 0.3) is 0 Å². The van der Waals surface area contributed by atoms with Gasteiger partial charge in [-0.05, 0) is 6.07 Å². The van der Waals surface area contributed by atoms with E-state index in [1.807, 2.05) is 0 Å². The second-order valence-corrected chi connectivity index (χ2v) is 2.48. The van der Waals surface area contributed by atoms with Crippen molar-refractivity contribution < 1.29 is 14.6 Å². The van der Waals surface area contributed by atoms with Gasteiger partial charge in [-0.15, -0.1) is 0 Å². The van der Waals surface area contributed by atoms with Gasteiger partial charge in [-0.2, -0.15) is 0 Å². The Hall–Kier alpha value is -1.77. The van der Waals surface area contributed by atoms with Gasteiger partial charge in [-0.3, -0.25) is 0 Å². The molecule has 0 atom stereocenters. The summed E-state index contributed by atoms with van der Waals surface area (Å²) in [5, 5.41) is 9.15. The van der Waals surface area contributed by atoms with Crippen LogP contribution < -0.4 is 0 Å². The Kier molecular flexibility index (Phi) is 2.69. The van der Waals surface area contributed by atoms with E-state index in [4.69, 9.17) is 5.11 Å². The number of hydrogen-bond acceptors (Lipinski definition) is 3. The molecule has 1 rings (SSSR count). The molecule has 0 saturated carbocycles. The summed E-state index contributed by atoms with van der Waals surface area (Å²) < 4.78 is 4.54. The molecule has 0 radical (unpaired) electrons. The van der Waals surface area contributed by atoms with Crippen molar-refractivity contribution in [3.63, 3.8) is 0 Å². The molecule has 68 valence electrons. The number of carbonyl (C=O) groups excluding carboxylic acids is 1. The number of esters is 1. The zero-order valence-corrected chi connectivity index (χ0v) is 7.28. The van der Waals surface area contributed by atoms with Crippen molar-refractivity contribution in [3.05, 3.63) is 42.0 Å². The quantitative estimate of drug-likeness (QED) is 0.556.